The molecule has 86 valence electrons. The summed E-state index contributed by atoms with van der Waals surface area (Å²) >= 11 is 1.43. The van der Waals surface area contributed by atoms with Crippen LogP contribution in [0.3, 0.4) is 0 Å². The first kappa shape index (κ1) is 11.7. The van der Waals surface area contributed by atoms with Gasteiger partial charge >= 0.3 is 0 Å². The number of rotatable bonds is 3. The van der Waals surface area contributed by atoms with Crippen molar-refractivity contribution in [3.63, 3.8) is 0 Å². The SMILES string of the molecule is CC(=O)c1sccc1-c1cc(C)cc(C=O)c1. The van der Waals surface area contributed by atoms with Crippen LogP contribution in [0.1, 0.15) is 32.5 Å². The monoisotopic (exact) mass is 244 g/mol. The summed E-state index contributed by atoms with van der Waals surface area (Å²) < 4.78 is 0. The normalized spacial score (nSPS) is 10.2. The van der Waals surface area contributed by atoms with Crippen molar-refractivity contribution in [2.45, 2.75) is 13.8 Å². The van der Waals surface area contributed by atoms with Crippen LogP contribution in [0.5, 0.6) is 0 Å². The molecule has 1 heterocycles. The predicted molar refractivity (Wildman–Crippen MR) is 69.9 cm³/mol. The Morgan fingerprint density at radius 3 is 2.71 bits per heavy atom. The van der Waals surface area contributed by atoms with Crippen LogP contribution in [0.2, 0.25) is 0 Å². The highest BCUT2D eigenvalue weighted by molar-refractivity contribution is 7.12. The Bertz CT molecular complexity index is 582. The molecule has 0 saturated heterocycles. The highest BCUT2D eigenvalue weighted by Crippen LogP contribution is 2.29. The first-order valence-electron chi connectivity index (χ1n) is 5.27. The number of ketones is 1. The van der Waals surface area contributed by atoms with Crippen molar-refractivity contribution in [3.8, 4) is 11.1 Å². The minimum atomic E-state index is 0.0594. The maximum absolute atomic E-state index is 11.5. The van der Waals surface area contributed by atoms with E-state index in [9.17, 15) is 9.59 Å². The first-order valence-corrected chi connectivity index (χ1v) is 6.15. The molecule has 0 bridgehead atoms. The van der Waals surface area contributed by atoms with E-state index in [0.29, 0.717) is 5.56 Å². The van der Waals surface area contributed by atoms with Crippen molar-refractivity contribution in [1.29, 1.82) is 0 Å². The standard InChI is InChI=1S/C14H12O2S/c1-9-5-11(8-15)7-12(6-9)13-3-4-17-14(13)10(2)16/h3-8H,1-2H3. The lowest BCUT2D eigenvalue weighted by Gasteiger charge is -2.04. The average Bonchev–Trinajstić information content (AvgIpc) is 2.77. The molecular formula is C14H12O2S. The molecule has 0 spiro atoms. The van der Waals surface area contributed by atoms with Gasteiger partial charge in [0.25, 0.3) is 0 Å². The summed E-state index contributed by atoms with van der Waals surface area (Å²) in [7, 11) is 0. The number of benzene rings is 1. The zero-order valence-electron chi connectivity index (χ0n) is 9.69. The zero-order valence-corrected chi connectivity index (χ0v) is 10.5. The van der Waals surface area contributed by atoms with Crippen LogP contribution in [0, 0.1) is 6.92 Å². The number of aldehydes is 1. The van der Waals surface area contributed by atoms with Crippen molar-refractivity contribution < 1.29 is 9.59 Å². The summed E-state index contributed by atoms with van der Waals surface area (Å²) in [6.45, 7) is 3.50. The number of carbonyl (C=O) groups is 2. The van der Waals surface area contributed by atoms with E-state index in [-0.39, 0.29) is 5.78 Å². The van der Waals surface area contributed by atoms with E-state index < -0.39 is 0 Å². The van der Waals surface area contributed by atoms with Crippen LogP contribution < -0.4 is 0 Å². The van der Waals surface area contributed by atoms with Gasteiger partial charge in [-0.1, -0.05) is 6.07 Å². The summed E-state index contributed by atoms with van der Waals surface area (Å²) in [5, 5.41) is 1.90. The molecule has 1 aromatic heterocycles. The fourth-order valence-corrected chi connectivity index (χ4v) is 2.66. The van der Waals surface area contributed by atoms with Gasteiger partial charge in [0.05, 0.1) is 4.88 Å². The van der Waals surface area contributed by atoms with Crippen molar-refractivity contribution >= 4 is 23.4 Å². The van der Waals surface area contributed by atoms with Gasteiger partial charge in [0.1, 0.15) is 6.29 Å². The minimum Gasteiger partial charge on any atom is -0.298 e. The molecule has 0 N–H and O–H groups in total. The topological polar surface area (TPSA) is 34.1 Å². The molecule has 17 heavy (non-hydrogen) atoms. The van der Waals surface area contributed by atoms with Gasteiger partial charge in [-0.3, -0.25) is 9.59 Å². The summed E-state index contributed by atoms with van der Waals surface area (Å²) in [6.07, 6.45) is 0.830. The van der Waals surface area contributed by atoms with Gasteiger partial charge < -0.3 is 0 Å². The van der Waals surface area contributed by atoms with Gasteiger partial charge in [-0.05, 0) is 48.6 Å². The quantitative estimate of drug-likeness (QED) is 0.609. The second kappa shape index (κ2) is 4.63. The third-order valence-corrected chi connectivity index (χ3v) is 3.55. The van der Waals surface area contributed by atoms with Crippen molar-refractivity contribution in [3.05, 3.63) is 45.6 Å². The molecule has 0 aliphatic carbocycles. The van der Waals surface area contributed by atoms with Crippen molar-refractivity contribution in [1.82, 2.24) is 0 Å². The third-order valence-electron chi connectivity index (χ3n) is 2.53. The Kier molecular flexibility index (Phi) is 3.20. The molecule has 0 saturated carbocycles. The predicted octanol–water partition coefficient (Wildman–Crippen LogP) is 3.74. The molecule has 0 aliphatic heterocycles. The lowest BCUT2D eigenvalue weighted by molar-refractivity contribution is 0.102. The van der Waals surface area contributed by atoms with Crippen molar-refractivity contribution in [2.75, 3.05) is 0 Å². The zero-order chi connectivity index (χ0) is 12.4. The van der Waals surface area contributed by atoms with Crippen LogP contribution in [-0.4, -0.2) is 12.1 Å². The summed E-state index contributed by atoms with van der Waals surface area (Å²) in [4.78, 5) is 23.1. The number of carbonyl (C=O) groups excluding carboxylic acids is 2. The van der Waals surface area contributed by atoms with Crippen LogP contribution in [0.4, 0.5) is 0 Å². The van der Waals surface area contributed by atoms with E-state index in [0.717, 1.165) is 27.9 Å². The van der Waals surface area contributed by atoms with E-state index in [1.165, 1.54) is 11.3 Å². The van der Waals surface area contributed by atoms with Crippen LogP contribution >= 0.6 is 11.3 Å². The van der Waals surface area contributed by atoms with E-state index in [1.807, 2.05) is 36.6 Å². The van der Waals surface area contributed by atoms with Gasteiger partial charge in [0.15, 0.2) is 5.78 Å². The van der Waals surface area contributed by atoms with Gasteiger partial charge in [-0.25, -0.2) is 0 Å². The van der Waals surface area contributed by atoms with Crippen molar-refractivity contribution in [2.24, 2.45) is 0 Å². The number of Topliss-reactive ketones (excluding diaryl/α,β-unsaturated/α-hetero) is 1. The van der Waals surface area contributed by atoms with Gasteiger partial charge in [-0.15, -0.1) is 11.3 Å². The fraction of sp³-hybridized carbons (Fsp3) is 0.143. The second-order valence-corrected chi connectivity index (χ2v) is 4.89. The fourth-order valence-electron chi connectivity index (χ4n) is 1.85. The molecule has 0 amide bonds. The summed E-state index contributed by atoms with van der Waals surface area (Å²) in [6, 6.07) is 7.55. The highest BCUT2D eigenvalue weighted by Gasteiger charge is 2.11. The molecular weight excluding hydrogens is 232 g/mol. The van der Waals surface area contributed by atoms with Crippen LogP contribution in [0.25, 0.3) is 11.1 Å². The number of hydrogen-bond acceptors (Lipinski definition) is 3. The molecule has 0 unspecified atom stereocenters. The Balaban J connectivity index is 2.59. The Morgan fingerprint density at radius 1 is 1.29 bits per heavy atom. The molecule has 2 nitrogen and oxygen atoms in total. The van der Waals surface area contributed by atoms with Crippen LogP contribution in [-0.2, 0) is 0 Å². The molecule has 2 aromatic rings. The van der Waals surface area contributed by atoms with Gasteiger partial charge in [0.2, 0.25) is 0 Å². The Hall–Kier alpha value is -1.74. The summed E-state index contributed by atoms with van der Waals surface area (Å²) in [5.74, 6) is 0.0594. The van der Waals surface area contributed by atoms with E-state index in [1.54, 1.807) is 6.92 Å². The second-order valence-electron chi connectivity index (χ2n) is 3.97. The van der Waals surface area contributed by atoms with Gasteiger partial charge in [-0.2, -0.15) is 0 Å². The molecule has 0 aliphatic rings. The largest absolute Gasteiger partial charge is 0.298 e. The molecule has 3 heteroatoms. The molecule has 0 atom stereocenters. The lowest BCUT2D eigenvalue weighted by atomic mass is 10.0. The molecule has 0 radical (unpaired) electrons. The van der Waals surface area contributed by atoms with E-state index in [4.69, 9.17) is 0 Å². The molecule has 1 aromatic carbocycles. The highest BCUT2D eigenvalue weighted by atomic mass is 32.1. The Labute approximate surface area is 104 Å². The maximum Gasteiger partial charge on any atom is 0.170 e. The number of hydrogen-bond donors (Lipinski definition) is 0. The number of aryl methyl sites for hydroxylation is 1. The average molecular weight is 244 g/mol. The minimum absolute atomic E-state index is 0.0594. The van der Waals surface area contributed by atoms with Crippen LogP contribution in [0.15, 0.2) is 29.6 Å². The number of thiophene rings is 1. The van der Waals surface area contributed by atoms with Gasteiger partial charge in [0, 0.05) is 11.1 Å². The smallest absolute Gasteiger partial charge is 0.170 e. The first-order chi connectivity index (χ1) is 8.11. The maximum atomic E-state index is 11.5. The molecule has 2 rings (SSSR count). The lowest BCUT2D eigenvalue weighted by Crippen LogP contribution is -1.92. The summed E-state index contributed by atoms with van der Waals surface area (Å²) in [5.41, 5.74) is 3.50. The Morgan fingerprint density at radius 2 is 2.06 bits per heavy atom. The molecule has 0 fully saturated rings. The third kappa shape index (κ3) is 2.34. The van der Waals surface area contributed by atoms with E-state index >= 15 is 0 Å². The van der Waals surface area contributed by atoms with E-state index in [2.05, 4.69) is 0 Å².